The topological polar surface area (TPSA) is 41.1 Å². The second-order valence-electron chi connectivity index (χ2n) is 9.21. The largest absolute Gasteiger partial charge is 0.378 e. The van der Waals surface area contributed by atoms with E-state index < -0.39 is 5.82 Å². The molecule has 1 amide bonds. The van der Waals surface area contributed by atoms with Gasteiger partial charge in [0.15, 0.2) is 0 Å². The van der Waals surface area contributed by atoms with Crippen LogP contribution >= 0.6 is 0 Å². The number of amides is 1. The van der Waals surface area contributed by atoms with Gasteiger partial charge in [-0.15, -0.1) is 0 Å². The van der Waals surface area contributed by atoms with E-state index in [-0.39, 0.29) is 11.6 Å². The highest BCUT2D eigenvalue weighted by molar-refractivity contribution is 6.04. The van der Waals surface area contributed by atoms with Crippen molar-refractivity contribution in [3.05, 3.63) is 95.3 Å². The zero-order valence-corrected chi connectivity index (χ0v) is 17.2. The van der Waals surface area contributed by atoms with Crippen LogP contribution in [0.1, 0.15) is 52.7 Å². The average molecular weight is 413 g/mol. The number of para-hydroxylation sites is 1. The van der Waals surface area contributed by atoms with Crippen molar-refractivity contribution in [2.45, 2.75) is 31.2 Å². The van der Waals surface area contributed by atoms with Crippen molar-refractivity contribution >= 4 is 17.3 Å². The van der Waals surface area contributed by atoms with Crippen LogP contribution in [0.5, 0.6) is 0 Å². The molecule has 0 saturated heterocycles. The zero-order valence-electron chi connectivity index (χ0n) is 17.2. The Labute approximate surface area is 181 Å². The highest BCUT2D eigenvalue weighted by atomic mass is 19.1. The van der Waals surface area contributed by atoms with Crippen LogP contribution < -0.4 is 10.6 Å². The third kappa shape index (κ3) is 3.04. The maximum atomic E-state index is 14.0. The highest BCUT2D eigenvalue weighted by Gasteiger charge is 2.53. The van der Waals surface area contributed by atoms with Crippen molar-refractivity contribution in [3.63, 3.8) is 0 Å². The molecule has 1 heterocycles. The van der Waals surface area contributed by atoms with Crippen LogP contribution in [-0.4, -0.2) is 5.91 Å². The van der Waals surface area contributed by atoms with Crippen LogP contribution in [-0.2, 0) is 0 Å². The summed E-state index contributed by atoms with van der Waals surface area (Å²) < 4.78 is 14.0. The van der Waals surface area contributed by atoms with Crippen LogP contribution in [0.3, 0.4) is 0 Å². The predicted molar refractivity (Wildman–Crippen MR) is 121 cm³/mol. The van der Waals surface area contributed by atoms with Gasteiger partial charge in [0.25, 0.3) is 5.91 Å². The van der Waals surface area contributed by atoms with Crippen molar-refractivity contribution in [1.29, 1.82) is 0 Å². The Bertz CT molecular complexity index is 1140. The number of rotatable bonds is 3. The minimum atomic E-state index is -0.422. The molecule has 4 heteroatoms. The van der Waals surface area contributed by atoms with Gasteiger partial charge < -0.3 is 10.6 Å². The molecular formula is C27H25FN2O. The van der Waals surface area contributed by atoms with Crippen molar-refractivity contribution in [3.8, 4) is 0 Å². The SMILES string of the molecule is O=C(Nc1ccccc1F)c1ccc2c(c1)[C@H]1[C@H]3CC[C@@H](C3)[C@H]1[C@@H](c1ccccc1)N2. The summed E-state index contributed by atoms with van der Waals surface area (Å²) in [5.41, 5.74) is 4.53. The average Bonchev–Trinajstić information content (AvgIpc) is 3.43. The molecule has 2 aliphatic carbocycles. The van der Waals surface area contributed by atoms with E-state index >= 15 is 0 Å². The van der Waals surface area contributed by atoms with E-state index in [9.17, 15) is 9.18 Å². The molecule has 0 radical (unpaired) electrons. The van der Waals surface area contributed by atoms with Gasteiger partial charge in [0.05, 0.1) is 11.7 Å². The Morgan fingerprint density at radius 3 is 2.55 bits per heavy atom. The molecule has 0 spiro atoms. The number of halogens is 1. The molecule has 0 aromatic heterocycles. The van der Waals surface area contributed by atoms with Gasteiger partial charge in [0.1, 0.15) is 5.82 Å². The van der Waals surface area contributed by atoms with Gasteiger partial charge in [-0.25, -0.2) is 4.39 Å². The normalized spacial score (nSPS) is 27.8. The van der Waals surface area contributed by atoms with Crippen molar-refractivity contribution in [2.24, 2.45) is 17.8 Å². The molecular weight excluding hydrogens is 387 g/mol. The number of fused-ring (bicyclic) bond motifs is 7. The highest BCUT2D eigenvalue weighted by Crippen LogP contribution is 2.63. The number of nitrogens with one attached hydrogen (secondary N) is 2. The van der Waals surface area contributed by atoms with Crippen LogP contribution in [0.15, 0.2) is 72.8 Å². The molecule has 3 aliphatic rings. The standard InChI is InChI=1S/C27H25FN2O/c28-21-8-4-5-9-23(21)30-27(31)19-12-13-22-20(15-19)24-17-10-11-18(14-17)25(24)26(29-22)16-6-2-1-3-7-16/h1-9,12-13,15,17-18,24-26,29H,10-11,14H2,(H,30,31)/t17-,18-,24+,25+,26+/m0/s1. The summed E-state index contributed by atoms with van der Waals surface area (Å²) in [7, 11) is 0. The second kappa shape index (κ2) is 7.23. The van der Waals surface area contributed by atoms with E-state index in [1.807, 2.05) is 18.2 Å². The third-order valence-corrected chi connectivity index (χ3v) is 7.63. The summed E-state index contributed by atoms with van der Waals surface area (Å²) in [5, 5.41) is 6.53. The fourth-order valence-corrected chi connectivity index (χ4v) is 6.37. The number of anilines is 2. The summed E-state index contributed by atoms with van der Waals surface area (Å²) in [6, 6.07) is 23.3. The fourth-order valence-electron chi connectivity index (χ4n) is 6.37. The number of hydrogen-bond acceptors (Lipinski definition) is 2. The lowest BCUT2D eigenvalue weighted by molar-refractivity contribution is 0.102. The van der Waals surface area contributed by atoms with E-state index in [4.69, 9.17) is 0 Å². The Balaban J connectivity index is 1.36. The number of carbonyl (C=O) groups is 1. The molecule has 2 saturated carbocycles. The summed E-state index contributed by atoms with van der Waals surface area (Å²) in [5.74, 6) is 1.76. The maximum Gasteiger partial charge on any atom is 0.255 e. The van der Waals surface area contributed by atoms with Gasteiger partial charge in [-0.2, -0.15) is 0 Å². The first-order valence-corrected chi connectivity index (χ1v) is 11.2. The van der Waals surface area contributed by atoms with Crippen LogP contribution in [0.4, 0.5) is 15.8 Å². The Morgan fingerprint density at radius 1 is 0.935 bits per heavy atom. The van der Waals surface area contributed by atoms with Gasteiger partial charge in [0, 0.05) is 11.3 Å². The minimum Gasteiger partial charge on any atom is -0.378 e. The van der Waals surface area contributed by atoms with Crippen molar-refractivity contribution in [1.82, 2.24) is 0 Å². The first kappa shape index (κ1) is 18.6. The lowest BCUT2D eigenvalue weighted by atomic mass is 9.68. The fraction of sp³-hybridized carbons (Fsp3) is 0.296. The monoisotopic (exact) mass is 412 g/mol. The molecule has 1 aliphatic heterocycles. The summed E-state index contributed by atoms with van der Waals surface area (Å²) in [6.07, 6.45) is 3.86. The minimum absolute atomic E-state index is 0.213. The predicted octanol–water partition coefficient (Wildman–Crippen LogP) is 6.37. The van der Waals surface area contributed by atoms with Gasteiger partial charge in [-0.05, 0) is 84.4 Å². The lowest BCUT2D eigenvalue weighted by Crippen LogP contribution is -2.35. The van der Waals surface area contributed by atoms with Gasteiger partial charge in [-0.3, -0.25) is 4.79 Å². The molecule has 31 heavy (non-hydrogen) atoms. The van der Waals surface area contributed by atoms with E-state index in [0.29, 0.717) is 29.4 Å². The number of hydrogen-bond donors (Lipinski definition) is 2. The quantitative estimate of drug-likeness (QED) is 0.524. The summed E-state index contributed by atoms with van der Waals surface area (Å²) >= 11 is 0. The van der Waals surface area contributed by atoms with Gasteiger partial charge >= 0.3 is 0 Å². The second-order valence-corrected chi connectivity index (χ2v) is 9.21. The van der Waals surface area contributed by atoms with Gasteiger partial charge in [-0.1, -0.05) is 42.5 Å². The number of carbonyl (C=O) groups excluding carboxylic acids is 1. The summed E-state index contributed by atoms with van der Waals surface area (Å²) in [4.78, 5) is 12.9. The molecule has 5 atom stereocenters. The molecule has 3 nitrogen and oxygen atoms in total. The molecule has 2 fully saturated rings. The lowest BCUT2D eigenvalue weighted by Gasteiger charge is -2.43. The Kier molecular flexibility index (Phi) is 4.34. The van der Waals surface area contributed by atoms with Crippen LogP contribution in [0.2, 0.25) is 0 Å². The molecule has 3 aromatic rings. The molecule has 6 rings (SSSR count). The van der Waals surface area contributed by atoms with E-state index in [2.05, 4.69) is 41.0 Å². The molecule has 0 unspecified atom stereocenters. The molecule has 2 bridgehead atoms. The smallest absolute Gasteiger partial charge is 0.255 e. The zero-order chi connectivity index (χ0) is 20.9. The van der Waals surface area contributed by atoms with Gasteiger partial charge in [0.2, 0.25) is 0 Å². The summed E-state index contributed by atoms with van der Waals surface area (Å²) in [6.45, 7) is 0. The molecule has 156 valence electrons. The molecule has 3 aromatic carbocycles. The van der Waals surface area contributed by atoms with E-state index in [1.54, 1.807) is 18.2 Å². The van der Waals surface area contributed by atoms with Crippen molar-refractivity contribution < 1.29 is 9.18 Å². The maximum absolute atomic E-state index is 14.0. The van der Waals surface area contributed by atoms with Crippen LogP contribution in [0, 0.1) is 23.6 Å². The first-order valence-electron chi connectivity index (χ1n) is 11.2. The third-order valence-electron chi connectivity index (χ3n) is 7.63. The van der Waals surface area contributed by atoms with Crippen LogP contribution in [0.25, 0.3) is 0 Å². The van der Waals surface area contributed by atoms with E-state index in [1.165, 1.54) is 36.5 Å². The Hall–Kier alpha value is -3.14. The van der Waals surface area contributed by atoms with Crippen molar-refractivity contribution in [2.75, 3.05) is 10.6 Å². The number of benzene rings is 3. The molecule has 2 N–H and O–H groups in total. The van der Waals surface area contributed by atoms with E-state index in [0.717, 1.165) is 11.6 Å². The Morgan fingerprint density at radius 2 is 1.71 bits per heavy atom. The first-order chi connectivity index (χ1) is 15.2.